The average Bonchev–Trinajstić information content (AvgIpc) is 3.08. The number of para-hydroxylation sites is 1. The summed E-state index contributed by atoms with van der Waals surface area (Å²) in [6.07, 6.45) is 2.67. The van der Waals surface area contributed by atoms with E-state index >= 15 is 0 Å². The third kappa shape index (κ3) is 3.13. The van der Waals surface area contributed by atoms with Gasteiger partial charge < -0.3 is 15.2 Å². The van der Waals surface area contributed by atoms with E-state index in [0.29, 0.717) is 6.54 Å². The van der Waals surface area contributed by atoms with Gasteiger partial charge in [-0.15, -0.1) is 0 Å². The molecule has 0 fully saturated rings. The van der Waals surface area contributed by atoms with Gasteiger partial charge in [0.1, 0.15) is 0 Å². The zero-order valence-electron chi connectivity index (χ0n) is 14.1. The quantitative estimate of drug-likeness (QED) is 0.772. The number of hydrogen-bond donors (Lipinski definition) is 2. The van der Waals surface area contributed by atoms with E-state index in [2.05, 4.69) is 45.4 Å². The van der Waals surface area contributed by atoms with Crippen LogP contribution in [0.15, 0.2) is 54.7 Å². The third-order valence-corrected chi connectivity index (χ3v) is 4.53. The Morgan fingerprint density at radius 1 is 1.16 bits per heavy atom. The van der Waals surface area contributed by atoms with Gasteiger partial charge in [-0.05, 0) is 30.3 Å². The molecule has 4 rings (SSSR count). The molecule has 1 aliphatic rings. The van der Waals surface area contributed by atoms with Crippen LogP contribution in [0.2, 0.25) is 0 Å². The van der Waals surface area contributed by atoms with Crippen LogP contribution in [0.5, 0.6) is 0 Å². The van der Waals surface area contributed by atoms with E-state index < -0.39 is 0 Å². The minimum atomic E-state index is 0.00170. The van der Waals surface area contributed by atoms with Crippen LogP contribution in [-0.4, -0.2) is 29.5 Å². The lowest BCUT2D eigenvalue weighted by atomic mass is 10.1. The molecule has 25 heavy (non-hydrogen) atoms. The highest BCUT2D eigenvalue weighted by Gasteiger charge is 2.20. The Morgan fingerprint density at radius 2 is 2.00 bits per heavy atom. The van der Waals surface area contributed by atoms with Gasteiger partial charge in [-0.1, -0.05) is 18.2 Å². The maximum atomic E-state index is 11.9. The van der Waals surface area contributed by atoms with Gasteiger partial charge in [0.15, 0.2) is 0 Å². The Bertz CT molecular complexity index is 901. The van der Waals surface area contributed by atoms with E-state index in [1.807, 2.05) is 36.5 Å². The number of nitrogens with one attached hydrogen (secondary N) is 2. The molecule has 0 atom stereocenters. The summed E-state index contributed by atoms with van der Waals surface area (Å²) in [5, 5.41) is 2.88. The Balaban J connectivity index is 1.59. The Hall–Kier alpha value is -3.08. The van der Waals surface area contributed by atoms with Gasteiger partial charge in [-0.3, -0.25) is 9.78 Å². The molecule has 1 aromatic carbocycles. The average molecular weight is 332 g/mol. The lowest BCUT2D eigenvalue weighted by Crippen LogP contribution is -2.31. The summed E-state index contributed by atoms with van der Waals surface area (Å²) in [6, 6.07) is 16.2. The van der Waals surface area contributed by atoms with Crippen molar-refractivity contribution < 1.29 is 4.79 Å². The van der Waals surface area contributed by atoms with Crippen molar-refractivity contribution in [3.63, 3.8) is 0 Å². The van der Waals surface area contributed by atoms with Crippen molar-refractivity contribution in [2.75, 3.05) is 18.5 Å². The predicted molar refractivity (Wildman–Crippen MR) is 98.6 cm³/mol. The molecule has 0 bridgehead atoms. The molecule has 5 heteroatoms. The summed E-state index contributed by atoms with van der Waals surface area (Å²) in [5.41, 5.74) is 5.92. The highest BCUT2D eigenvalue weighted by atomic mass is 16.1. The van der Waals surface area contributed by atoms with Crippen LogP contribution >= 0.6 is 0 Å². The van der Waals surface area contributed by atoms with E-state index in [1.165, 1.54) is 0 Å². The first-order valence-corrected chi connectivity index (χ1v) is 8.42. The fourth-order valence-electron chi connectivity index (χ4n) is 3.20. The minimum absolute atomic E-state index is 0.00170. The number of hydrogen-bond acceptors (Lipinski definition) is 3. The van der Waals surface area contributed by atoms with Crippen LogP contribution in [0.25, 0.3) is 11.3 Å². The number of aromatic amines is 1. The predicted octanol–water partition coefficient (Wildman–Crippen LogP) is 3.00. The molecular weight excluding hydrogens is 312 g/mol. The smallest absolute Gasteiger partial charge is 0.253 e. The molecule has 2 aromatic heterocycles. The van der Waals surface area contributed by atoms with Crippen LogP contribution < -0.4 is 10.2 Å². The van der Waals surface area contributed by atoms with Crippen LogP contribution in [0, 0.1) is 0 Å². The summed E-state index contributed by atoms with van der Waals surface area (Å²) in [5.74, 6) is 0.00170. The Morgan fingerprint density at radius 3 is 2.80 bits per heavy atom. The zero-order chi connectivity index (χ0) is 17.2. The van der Waals surface area contributed by atoms with Crippen molar-refractivity contribution in [1.82, 2.24) is 15.3 Å². The van der Waals surface area contributed by atoms with E-state index in [9.17, 15) is 4.79 Å². The topological polar surface area (TPSA) is 61.0 Å². The number of H-pyrrole nitrogens is 1. The molecule has 5 nitrogen and oxygen atoms in total. The molecule has 0 spiro atoms. The lowest BCUT2D eigenvalue weighted by molar-refractivity contribution is 0.0946. The first-order chi connectivity index (χ1) is 12.2. The second-order valence-electron chi connectivity index (χ2n) is 6.31. The first-order valence-electron chi connectivity index (χ1n) is 8.42. The van der Waals surface area contributed by atoms with Crippen molar-refractivity contribution in [2.24, 2.45) is 0 Å². The number of amides is 1. The molecule has 0 unspecified atom stereocenters. The van der Waals surface area contributed by atoms with Gasteiger partial charge in [0.05, 0.1) is 17.8 Å². The highest BCUT2D eigenvalue weighted by molar-refractivity contribution is 5.97. The minimum Gasteiger partial charge on any atom is -0.369 e. The summed E-state index contributed by atoms with van der Waals surface area (Å²) < 4.78 is 0. The lowest BCUT2D eigenvalue weighted by Gasteiger charge is -2.18. The third-order valence-electron chi connectivity index (χ3n) is 4.53. The van der Waals surface area contributed by atoms with E-state index in [-0.39, 0.29) is 5.91 Å². The van der Waals surface area contributed by atoms with Crippen molar-refractivity contribution in [3.8, 4) is 11.3 Å². The van der Waals surface area contributed by atoms with Gasteiger partial charge in [0, 0.05) is 48.8 Å². The monoisotopic (exact) mass is 332 g/mol. The standard InChI is InChI=1S/C20H20N4O/c1-24(16-5-3-2-4-6-16)13-15-11-14(7-9-21-15)19-12-17-18(23-19)8-10-22-20(17)25/h2-7,9,11-12,23H,8,10,13H2,1H3,(H,22,25). The molecule has 0 saturated heterocycles. The molecule has 0 aliphatic carbocycles. The molecule has 2 N–H and O–H groups in total. The summed E-state index contributed by atoms with van der Waals surface area (Å²) in [6.45, 7) is 1.41. The molecule has 3 aromatic rings. The molecule has 1 amide bonds. The Kier molecular flexibility index (Phi) is 3.98. The number of pyridine rings is 1. The highest BCUT2D eigenvalue weighted by Crippen LogP contribution is 2.24. The number of rotatable bonds is 4. The van der Waals surface area contributed by atoms with Crippen LogP contribution in [0.1, 0.15) is 21.7 Å². The van der Waals surface area contributed by atoms with Gasteiger partial charge in [0.2, 0.25) is 0 Å². The van der Waals surface area contributed by atoms with Gasteiger partial charge in [-0.25, -0.2) is 0 Å². The van der Waals surface area contributed by atoms with Crippen molar-refractivity contribution in [1.29, 1.82) is 0 Å². The van der Waals surface area contributed by atoms with Gasteiger partial charge in [-0.2, -0.15) is 0 Å². The normalized spacial score (nSPS) is 13.2. The van der Waals surface area contributed by atoms with Crippen molar-refractivity contribution in [2.45, 2.75) is 13.0 Å². The number of carbonyl (C=O) groups is 1. The SMILES string of the molecule is CN(Cc1cc(-c2cc3c([nH]2)CCNC3=O)ccn1)c1ccccc1. The first kappa shape index (κ1) is 15.4. The van der Waals surface area contributed by atoms with E-state index in [1.54, 1.807) is 0 Å². The van der Waals surface area contributed by atoms with Crippen LogP contribution in [-0.2, 0) is 13.0 Å². The number of fused-ring (bicyclic) bond motifs is 1. The van der Waals surface area contributed by atoms with Crippen LogP contribution in [0.4, 0.5) is 5.69 Å². The van der Waals surface area contributed by atoms with Gasteiger partial charge >= 0.3 is 0 Å². The largest absolute Gasteiger partial charge is 0.369 e. The van der Waals surface area contributed by atoms with Crippen molar-refractivity contribution >= 4 is 11.6 Å². The van der Waals surface area contributed by atoms with Gasteiger partial charge in [0.25, 0.3) is 5.91 Å². The molecule has 3 heterocycles. The number of anilines is 1. The molecule has 126 valence electrons. The second-order valence-corrected chi connectivity index (χ2v) is 6.31. The number of benzene rings is 1. The fourth-order valence-corrected chi connectivity index (χ4v) is 3.20. The number of nitrogens with zero attached hydrogens (tertiary/aromatic N) is 2. The Labute approximate surface area is 146 Å². The maximum Gasteiger partial charge on any atom is 0.253 e. The molecule has 1 aliphatic heterocycles. The van der Waals surface area contributed by atoms with Crippen molar-refractivity contribution in [3.05, 3.63) is 71.7 Å². The van der Waals surface area contributed by atoms with E-state index in [0.717, 1.165) is 46.9 Å². The number of carbonyl (C=O) groups excluding carboxylic acids is 1. The second kappa shape index (κ2) is 6.43. The summed E-state index contributed by atoms with van der Waals surface area (Å²) in [4.78, 5) is 22.0. The number of aromatic nitrogens is 2. The maximum absolute atomic E-state index is 11.9. The molecular formula is C20H20N4O. The fraction of sp³-hybridized carbons (Fsp3) is 0.200. The summed E-state index contributed by atoms with van der Waals surface area (Å²) >= 11 is 0. The zero-order valence-corrected chi connectivity index (χ0v) is 14.1. The summed E-state index contributed by atoms with van der Waals surface area (Å²) in [7, 11) is 2.06. The van der Waals surface area contributed by atoms with Crippen LogP contribution in [0.3, 0.4) is 0 Å². The molecule has 0 saturated carbocycles. The molecule has 0 radical (unpaired) electrons. The van der Waals surface area contributed by atoms with E-state index in [4.69, 9.17) is 0 Å².